The van der Waals surface area contributed by atoms with Crippen LogP contribution in [0.3, 0.4) is 0 Å². The fourth-order valence-electron chi connectivity index (χ4n) is 3.08. The zero-order chi connectivity index (χ0) is 26.5. The van der Waals surface area contributed by atoms with Gasteiger partial charge in [0.05, 0.1) is 26.7 Å². The van der Waals surface area contributed by atoms with Crippen LogP contribution in [0.4, 0.5) is 11.4 Å². The number of benzene rings is 3. The highest BCUT2D eigenvalue weighted by atomic mass is 35.5. The summed E-state index contributed by atoms with van der Waals surface area (Å²) in [5.74, 6) is -2.18. The third-order valence-corrected chi connectivity index (χ3v) is 5.76. The first-order valence-corrected chi connectivity index (χ1v) is 11.2. The van der Waals surface area contributed by atoms with Crippen LogP contribution in [0.5, 0.6) is 17.2 Å². The summed E-state index contributed by atoms with van der Waals surface area (Å²) in [5, 5.41) is 23.0. The molecule has 0 spiro atoms. The molecule has 36 heavy (non-hydrogen) atoms. The molecule has 3 aromatic carbocycles. The van der Waals surface area contributed by atoms with E-state index in [0.29, 0.717) is 17.2 Å². The average molecular weight is 528 g/mol. The topological polar surface area (TPSA) is 132 Å². The number of nitrogens with zero attached hydrogens (tertiary/aromatic N) is 2. The van der Waals surface area contributed by atoms with Crippen molar-refractivity contribution >= 4 is 46.3 Å². The number of hydrogen-bond acceptors (Lipinski definition) is 7. The number of carbonyl (C=O) groups excluding carboxylic acids is 2. The largest absolute Gasteiger partial charge is 0.480 e. The monoisotopic (exact) mass is 527 g/mol. The van der Waals surface area contributed by atoms with Crippen molar-refractivity contribution in [1.29, 1.82) is 5.26 Å². The molecular formula is C25H19Cl2N3O6. The van der Waals surface area contributed by atoms with E-state index < -0.39 is 28.1 Å². The van der Waals surface area contributed by atoms with Crippen LogP contribution in [-0.4, -0.2) is 22.2 Å². The summed E-state index contributed by atoms with van der Waals surface area (Å²) in [6.07, 6.45) is 0. The van der Waals surface area contributed by atoms with Gasteiger partial charge in [-0.3, -0.25) is 19.7 Å². The Kier molecular flexibility index (Phi) is 8.14. The van der Waals surface area contributed by atoms with E-state index in [1.807, 2.05) is 0 Å². The van der Waals surface area contributed by atoms with Gasteiger partial charge in [-0.25, -0.2) is 0 Å². The standard InChI is InChI=1S/C25H19Cl2N3O6/c1-25(2,23(31)19(14-28)24(32)29-21-5-3-4-20(26)22(21)27)36-18-12-10-17(11-13-18)35-16-8-6-15(7-9-16)30(33)34/h3-13,19H,1-2H3,(H,29,32). The second-order valence-corrected chi connectivity index (χ2v) is 8.74. The van der Waals surface area contributed by atoms with Crippen molar-refractivity contribution in [3.8, 4) is 23.3 Å². The van der Waals surface area contributed by atoms with E-state index in [-0.39, 0.29) is 21.4 Å². The molecule has 3 aromatic rings. The first-order valence-electron chi connectivity index (χ1n) is 10.4. The van der Waals surface area contributed by atoms with Crippen molar-refractivity contribution in [2.24, 2.45) is 5.92 Å². The number of nitro benzene ring substituents is 1. The highest BCUT2D eigenvalue weighted by molar-refractivity contribution is 6.44. The van der Waals surface area contributed by atoms with Crippen LogP contribution in [0.15, 0.2) is 66.7 Å². The Hall–Kier alpha value is -4.13. The second-order valence-electron chi connectivity index (χ2n) is 7.95. The summed E-state index contributed by atoms with van der Waals surface area (Å²) in [6.45, 7) is 2.89. The quantitative estimate of drug-likeness (QED) is 0.199. The number of carbonyl (C=O) groups is 2. The molecule has 9 nitrogen and oxygen atoms in total. The molecule has 1 amide bonds. The zero-order valence-corrected chi connectivity index (χ0v) is 20.5. The summed E-state index contributed by atoms with van der Waals surface area (Å²) in [7, 11) is 0. The highest BCUT2D eigenvalue weighted by Gasteiger charge is 2.40. The number of nitriles is 1. The molecule has 0 heterocycles. The van der Waals surface area contributed by atoms with Crippen LogP contribution >= 0.6 is 23.2 Å². The SMILES string of the molecule is CC(C)(Oc1ccc(Oc2ccc([N+](=O)[O-])cc2)cc1)C(=O)C(C#N)C(=O)Nc1cccc(Cl)c1Cl. The predicted octanol–water partition coefficient (Wildman–Crippen LogP) is 6.20. The number of nitro groups is 1. The van der Waals surface area contributed by atoms with Crippen molar-refractivity contribution in [3.05, 3.63) is 86.9 Å². The summed E-state index contributed by atoms with van der Waals surface area (Å²) in [5.41, 5.74) is -1.42. The van der Waals surface area contributed by atoms with E-state index in [0.717, 1.165) is 0 Å². The van der Waals surface area contributed by atoms with Crippen molar-refractivity contribution in [3.63, 3.8) is 0 Å². The zero-order valence-electron chi connectivity index (χ0n) is 19.0. The number of Topliss-reactive ketones (excluding diaryl/α,β-unsaturated/α-hetero) is 1. The van der Waals surface area contributed by atoms with Crippen molar-refractivity contribution < 1.29 is 24.0 Å². The summed E-state index contributed by atoms with van der Waals surface area (Å²) >= 11 is 12.0. The molecular weight excluding hydrogens is 509 g/mol. The first-order chi connectivity index (χ1) is 17.0. The van der Waals surface area contributed by atoms with Crippen molar-refractivity contribution in [2.75, 3.05) is 5.32 Å². The Morgan fingerprint density at radius 1 is 1.00 bits per heavy atom. The Morgan fingerprint density at radius 3 is 2.11 bits per heavy atom. The highest BCUT2D eigenvalue weighted by Crippen LogP contribution is 2.31. The van der Waals surface area contributed by atoms with E-state index in [9.17, 15) is 25.0 Å². The Bertz CT molecular complexity index is 1340. The van der Waals surface area contributed by atoms with Gasteiger partial charge in [-0.05, 0) is 62.4 Å². The van der Waals surface area contributed by atoms with Gasteiger partial charge in [0.15, 0.2) is 11.5 Å². The van der Waals surface area contributed by atoms with Gasteiger partial charge in [0.25, 0.3) is 5.69 Å². The minimum atomic E-state index is -1.67. The second kappa shape index (κ2) is 11.1. The molecule has 0 aliphatic carbocycles. The van der Waals surface area contributed by atoms with Gasteiger partial charge in [-0.1, -0.05) is 29.3 Å². The maximum absolute atomic E-state index is 13.0. The minimum Gasteiger partial charge on any atom is -0.480 e. The Balaban J connectivity index is 1.67. The van der Waals surface area contributed by atoms with Crippen LogP contribution in [0, 0.1) is 27.4 Å². The van der Waals surface area contributed by atoms with Crippen LogP contribution in [0.25, 0.3) is 0 Å². The number of amides is 1. The van der Waals surface area contributed by atoms with Gasteiger partial charge in [-0.2, -0.15) is 5.26 Å². The van der Waals surface area contributed by atoms with Gasteiger partial charge in [0.2, 0.25) is 11.7 Å². The molecule has 0 saturated carbocycles. The Morgan fingerprint density at radius 2 is 1.56 bits per heavy atom. The van der Waals surface area contributed by atoms with E-state index in [1.54, 1.807) is 36.4 Å². The van der Waals surface area contributed by atoms with Crippen molar-refractivity contribution in [2.45, 2.75) is 19.4 Å². The summed E-state index contributed by atoms with van der Waals surface area (Å²) in [6, 6.07) is 18.1. The summed E-state index contributed by atoms with van der Waals surface area (Å²) in [4.78, 5) is 35.9. The fourth-order valence-corrected chi connectivity index (χ4v) is 3.43. The number of ether oxygens (including phenoxy) is 2. The number of nitrogens with one attached hydrogen (secondary N) is 1. The molecule has 1 unspecified atom stereocenters. The minimum absolute atomic E-state index is 0.0574. The lowest BCUT2D eigenvalue weighted by molar-refractivity contribution is -0.384. The number of non-ortho nitro benzene ring substituents is 1. The maximum atomic E-state index is 13.0. The number of anilines is 1. The normalized spacial score (nSPS) is 11.6. The van der Waals surface area contributed by atoms with Gasteiger partial charge >= 0.3 is 0 Å². The molecule has 1 atom stereocenters. The molecule has 0 bridgehead atoms. The third-order valence-electron chi connectivity index (χ3n) is 4.94. The maximum Gasteiger partial charge on any atom is 0.269 e. The van der Waals surface area contributed by atoms with Gasteiger partial charge in [-0.15, -0.1) is 0 Å². The van der Waals surface area contributed by atoms with Gasteiger partial charge < -0.3 is 14.8 Å². The molecule has 3 rings (SSSR count). The van der Waals surface area contributed by atoms with E-state index in [1.165, 1.54) is 50.2 Å². The van der Waals surface area contributed by atoms with Gasteiger partial charge in [0, 0.05) is 12.1 Å². The number of rotatable bonds is 9. The van der Waals surface area contributed by atoms with Crippen LogP contribution < -0.4 is 14.8 Å². The molecule has 1 N–H and O–H groups in total. The van der Waals surface area contributed by atoms with E-state index in [4.69, 9.17) is 32.7 Å². The van der Waals surface area contributed by atoms with Crippen LogP contribution in [0.2, 0.25) is 10.0 Å². The lowest BCUT2D eigenvalue weighted by atomic mass is 9.91. The first kappa shape index (κ1) is 26.5. The molecule has 0 saturated heterocycles. The molecule has 0 aliphatic heterocycles. The molecule has 0 fully saturated rings. The molecule has 0 aliphatic rings. The fraction of sp³-hybridized carbons (Fsp3) is 0.160. The molecule has 0 radical (unpaired) electrons. The average Bonchev–Trinajstić information content (AvgIpc) is 2.84. The van der Waals surface area contributed by atoms with Crippen molar-refractivity contribution in [1.82, 2.24) is 0 Å². The van der Waals surface area contributed by atoms with Gasteiger partial charge in [0.1, 0.15) is 17.2 Å². The van der Waals surface area contributed by atoms with Crippen LogP contribution in [0.1, 0.15) is 13.8 Å². The molecule has 184 valence electrons. The number of halogens is 2. The number of ketones is 1. The number of hydrogen-bond donors (Lipinski definition) is 1. The lowest BCUT2D eigenvalue weighted by Gasteiger charge is -2.26. The Labute approximate surface area is 216 Å². The smallest absolute Gasteiger partial charge is 0.269 e. The molecule has 0 aromatic heterocycles. The summed E-state index contributed by atoms with van der Waals surface area (Å²) < 4.78 is 11.4. The van der Waals surface area contributed by atoms with E-state index >= 15 is 0 Å². The predicted molar refractivity (Wildman–Crippen MR) is 134 cm³/mol. The lowest BCUT2D eigenvalue weighted by Crippen LogP contribution is -2.45. The molecule has 11 heteroatoms. The third kappa shape index (κ3) is 6.30. The van der Waals surface area contributed by atoms with E-state index in [2.05, 4.69) is 5.32 Å². The van der Waals surface area contributed by atoms with Crippen LogP contribution in [-0.2, 0) is 9.59 Å².